The van der Waals surface area contributed by atoms with Crippen LogP contribution in [0.5, 0.6) is 0 Å². The molecule has 1 saturated heterocycles. The Labute approximate surface area is 93.5 Å². The van der Waals surface area contributed by atoms with Gasteiger partial charge in [0.15, 0.2) is 0 Å². The second-order valence-electron chi connectivity index (χ2n) is 3.87. The predicted molar refractivity (Wildman–Crippen MR) is 57.4 cm³/mol. The predicted octanol–water partition coefficient (Wildman–Crippen LogP) is 0.869. The van der Waals surface area contributed by atoms with Gasteiger partial charge in [0.1, 0.15) is 6.73 Å². The number of piperidine rings is 1. The van der Waals surface area contributed by atoms with E-state index in [1.807, 2.05) is 30.3 Å². The standard InChI is InChI=1S/C12H13NO3/c14-8-13-11(15)6-10(7-12(13)16)9-4-2-1-3-5-9/h1-5,10,14H,6-8H2. The maximum absolute atomic E-state index is 11.6. The van der Waals surface area contributed by atoms with Crippen LogP contribution in [0.25, 0.3) is 0 Å². The maximum Gasteiger partial charge on any atom is 0.231 e. The summed E-state index contributed by atoms with van der Waals surface area (Å²) < 4.78 is 0. The summed E-state index contributed by atoms with van der Waals surface area (Å²) in [6.07, 6.45) is 0.576. The molecule has 0 aliphatic carbocycles. The van der Waals surface area contributed by atoms with E-state index >= 15 is 0 Å². The number of hydrogen-bond acceptors (Lipinski definition) is 3. The Hall–Kier alpha value is -1.68. The quantitative estimate of drug-likeness (QED) is 0.751. The van der Waals surface area contributed by atoms with Crippen LogP contribution in [0.3, 0.4) is 0 Å². The van der Waals surface area contributed by atoms with Crippen molar-refractivity contribution in [1.82, 2.24) is 4.90 Å². The molecule has 1 fully saturated rings. The molecule has 1 aliphatic rings. The Morgan fingerprint density at radius 2 is 1.69 bits per heavy atom. The fraction of sp³-hybridized carbons (Fsp3) is 0.333. The molecular weight excluding hydrogens is 206 g/mol. The van der Waals surface area contributed by atoms with E-state index in [1.54, 1.807) is 0 Å². The molecule has 16 heavy (non-hydrogen) atoms. The van der Waals surface area contributed by atoms with Gasteiger partial charge >= 0.3 is 0 Å². The van der Waals surface area contributed by atoms with Crippen molar-refractivity contribution < 1.29 is 14.7 Å². The molecule has 0 aromatic heterocycles. The zero-order valence-electron chi connectivity index (χ0n) is 8.80. The summed E-state index contributed by atoms with van der Waals surface area (Å²) in [5, 5.41) is 8.87. The van der Waals surface area contributed by atoms with Crippen LogP contribution in [-0.4, -0.2) is 28.6 Å². The monoisotopic (exact) mass is 219 g/mol. The maximum atomic E-state index is 11.6. The molecule has 4 heteroatoms. The molecule has 2 amide bonds. The number of imide groups is 1. The van der Waals surface area contributed by atoms with Crippen LogP contribution < -0.4 is 0 Å². The van der Waals surface area contributed by atoms with Gasteiger partial charge in [-0.05, 0) is 5.56 Å². The second kappa shape index (κ2) is 4.45. The molecule has 1 aromatic carbocycles. The van der Waals surface area contributed by atoms with Crippen LogP contribution in [-0.2, 0) is 9.59 Å². The van der Waals surface area contributed by atoms with Crippen LogP contribution >= 0.6 is 0 Å². The molecule has 1 heterocycles. The minimum absolute atomic E-state index is 0.0519. The zero-order chi connectivity index (χ0) is 11.5. The smallest absolute Gasteiger partial charge is 0.231 e. The van der Waals surface area contributed by atoms with Crippen LogP contribution in [0.2, 0.25) is 0 Å². The molecule has 1 aromatic rings. The van der Waals surface area contributed by atoms with Crippen LogP contribution in [0, 0.1) is 0 Å². The van der Waals surface area contributed by atoms with Gasteiger partial charge in [-0.15, -0.1) is 0 Å². The van der Waals surface area contributed by atoms with Gasteiger partial charge in [0, 0.05) is 18.8 Å². The van der Waals surface area contributed by atoms with Crippen molar-refractivity contribution in [2.45, 2.75) is 18.8 Å². The first-order valence-electron chi connectivity index (χ1n) is 5.21. The lowest BCUT2D eigenvalue weighted by Crippen LogP contribution is -2.43. The number of aliphatic hydroxyl groups excluding tert-OH is 1. The third-order valence-electron chi connectivity index (χ3n) is 2.86. The van der Waals surface area contributed by atoms with Crippen LogP contribution in [0.1, 0.15) is 24.3 Å². The normalized spacial score (nSPS) is 17.9. The third kappa shape index (κ3) is 1.97. The Morgan fingerprint density at radius 3 is 2.19 bits per heavy atom. The van der Waals surface area contributed by atoms with Crippen LogP contribution in [0.4, 0.5) is 0 Å². The average molecular weight is 219 g/mol. The summed E-state index contributed by atoms with van der Waals surface area (Å²) in [7, 11) is 0. The van der Waals surface area contributed by atoms with E-state index in [0.29, 0.717) is 0 Å². The molecule has 0 unspecified atom stereocenters. The fourth-order valence-corrected chi connectivity index (χ4v) is 1.97. The summed E-state index contributed by atoms with van der Waals surface area (Å²) >= 11 is 0. The number of amides is 2. The van der Waals surface area contributed by atoms with Crippen LogP contribution in [0.15, 0.2) is 30.3 Å². The highest BCUT2D eigenvalue weighted by Gasteiger charge is 2.32. The molecule has 0 spiro atoms. The number of hydrogen-bond donors (Lipinski definition) is 1. The van der Waals surface area contributed by atoms with Crippen molar-refractivity contribution in [3.63, 3.8) is 0 Å². The first-order chi connectivity index (χ1) is 7.72. The molecule has 0 saturated carbocycles. The van der Waals surface area contributed by atoms with Gasteiger partial charge in [-0.2, -0.15) is 0 Å². The van der Waals surface area contributed by atoms with Gasteiger partial charge < -0.3 is 5.11 Å². The van der Waals surface area contributed by atoms with E-state index in [9.17, 15) is 9.59 Å². The summed E-state index contributed by atoms with van der Waals surface area (Å²) in [6, 6.07) is 9.51. The third-order valence-corrected chi connectivity index (χ3v) is 2.86. The van der Waals surface area contributed by atoms with E-state index < -0.39 is 6.73 Å². The van der Waals surface area contributed by atoms with Gasteiger partial charge in [-0.1, -0.05) is 30.3 Å². The number of likely N-dealkylation sites (tertiary alicyclic amines) is 1. The van der Waals surface area contributed by atoms with Crippen molar-refractivity contribution in [1.29, 1.82) is 0 Å². The molecule has 4 nitrogen and oxygen atoms in total. The Kier molecular flexibility index (Phi) is 3.01. The number of carbonyl (C=O) groups excluding carboxylic acids is 2. The first kappa shape index (κ1) is 10.8. The lowest BCUT2D eigenvalue weighted by molar-refractivity contribution is -0.153. The van der Waals surface area contributed by atoms with E-state index in [-0.39, 0.29) is 30.6 Å². The topological polar surface area (TPSA) is 57.6 Å². The zero-order valence-corrected chi connectivity index (χ0v) is 8.80. The molecule has 0 bridgehead atoms. The van der Waals surface area contributed by atoms with Crippen molar-refractivity contribution in [3.05, 3.63) is 35.9 Å². The number of rotatable bonds is 2. The lowest BCUT2D eigenvalue weighted by atomic mass is 9.89. The molecular formula is C12H13NO3. The highest BCUT2D eigenvalue weighted by Crippen LogP contribution is 2.28. The number of benzene rings is 1. The van der Waals surface area contributed by atoms with Crippen molar-refractivity contribution in [3.8, 4) is 0 Å². The second-order valence-corrected chi connectivity index (χ2v) is 3.87. The van der Waals surface area contributed by atoms with Gasteiger partial charge in [-0.3, -0.25) is 14.5 Å². The minimum atomic E-state index is -0.515. The van der Waals surface area contributed by atoms with Crippen molar-refractivity contribution in [2.24, 2.45) is 0 Å². The Bertz CT molecular complexity index is 384. The van der Waals surface area contributed by atoms with Gasteiger partial charge in [0.25, 0.3) is 0 Å². The molecule has 84 valence electrons. The number of nitrogens with zero attached hydrogens (tertiary/aromatic N) is 1. The average Bonchev–Trinajstić information content (AvgIpc) is 2.30. The summed E-state index contributed by atoms with van der Waals surface area (Å²) in [4.78, 5) is 24.0. The molecule has 2 rings (SSSR count). The summed E-state index contributed by atoms with van der Waals surface area (Å²) in [5.74, 6) is -0.649. The van der Waals surface area contributed by atoms with Gasteiger partial charge in [-0.25, -0.2) is 0 Å². The first-order valence-corrected chi connectivity index (χ1v) is 5.21. The van der Waals surface area contributed by atoms with E-state index in [2.05, 4.69) is 0 Å². The van der Waals surface area contributed by atoms with E-state index in [4.69, 9.17) is 5.11 Å². The minimum Gasteiger partial charge on any atom is -0.376 e. The van der Waals surface area contributed by atoms with Crippen molar-refractivity contribution in [2.75, 3.05) is 6.73 Å². The van der Waals surface area contributed by atoms with Gasteiger partial charge in [0.05, 0.1) is 0 Å². The van der Waals surface area contributed by atoms with E-state index in [1.165, 1.54) is 0 Å². The summed E-state index contributed by atoms with van der Waals surface area (Å²) in [6.45, 7) is -0.515. The Morgan fingerprint density at radius 1 is 1.12 bits per heavy atom. The SMILES string of the molecule is O=C1CC(c2ccccc2)CC(=O)N1CO. The molecule has 1 aliphatic heterocycles. The Balaban J connectivity index is 2.17. The molecule has 0 radical (unpaired) electrons. The molecule has 0 atom stereocenters. The largest absolute Gasteiger partial charge is 0.376 e. The molecule has 1 N–H and O–H groups in total. The van der Waals surface area contributed by atoms with Crippen molar-refractivity contribution >= 4 is 11.8 Å². The van der Waals surface area contributed by atoms with E-state index in [0.717, 1.165) is 10.5 Å². The highest BCUT2D eigenvalue weighted by molar-refractivity contribution is 5.98. The fourth-order valence-electron chi connectivity index (χ4n) is 1.97. The lowest BCUT2D eigenvalue weighted by Gasteiger charge is -2.28. The summed E-state index contributed by atoms with van der Waals surface area (Å²) in [5.41, 5.74) is 1.00. The highest BCUT2D eigenvalue weighted by atomic mass is 16.3. The number of aliphatic hydroxyl groups is 1. The number of carbonyl (C=O) groups is 2. The van der Waals surface area contributed by atoms with Gasteiger partial charge in [0.2, 0.25) is 11.8 Å².